The van der Waals surface area contributed by atoms with E-state index in [4.69, 9.17) is 0 Å². The molecule has 0 aliphatic carbocycles. The Morgan fingerprint density at radius 1 is 0.688 bits per heavy atom. The van der Waals surface area contributed by atoms with Gasteiger partial charge in [-0.3, -0.25) is 8.85 Å². The maximum absolute atomic E-state index is 14.4. The molecular weight excluding hydrogens is 507 g/mol. The Labute approximate surface area is 174 Å². The fraction of sp³-hybridized carbons (Fsp3) is 1.00. The van der Waals surface area contributed by atoms with Gasteiger partial charge in [-0.1, -0.05) is 39.0 Å². The van der Waals surface area contributed by atoms with Crippen molar-refractivity contribution in [2.45, 2.75) is 88.7 Å². The summed E-state index contributed by atoms with van der Waals surface area (Å²) in [6, 6.07) is 0. The zero-order valence-corrected chi connectivity index (χ0v) is 17.1. The molecule has 0 saturated carbocycles. The molecule has 0 spiro atoms. The zero-order chi connectivity index (χ0) is 25.6. The molecular formula is C14H19F13O4Si. The van der Waals surface area contributed by atoms with Crippen molar-refractivity contribution in [2.24, 2.45) is 0 Å². The Bertz CT molecular complexity index is 572. The van der Waals surface area contributed by atoms with Gasteiger partial charge < -0.3 is 9.22 Å². The molecule has 0 saturated heterocycles. The van der Waals surface area contributed by atoms with Crippen molar-refractivity contribution in [3.05, 3.63) is 0 Å². The number of halogens is 13. The van der Waals surface area contributed by atoms with Crippen LogP contribution in [0, 0.1) is 0 Å². The maximum Gasteiger partial charge on any atom is 0.688 e. The molecule has 0 rings (SSSR count). The van der Waals surface area contributed by atoms with Gasteiger partial charge in [0, 0.05) is 6.42 Å². The van der Waals surface area contributed by atoms with E-state index < -0.39 is 58.7 Å². The zero-order valence-electron chi connectivity index (χ0n) is 16.1. The molecule has 2 atom stereocenters. The van der Waals surface area contributed by atoms with Crippen LogP contribution in [-0.4, -0.2) is 50.7 Å². The average molecular weight is 526 g/mol. The van der Waals surface area contributed by atoms with E-state index in [0.717, 1.165) is 0 Å². The normalized spacial score (nSPS) is 18.0. The lowest BCUT2D eigenvalue weighted by molar-refractivity contribution is -0.401. The second-order valence-corrected chi connectivity index (χ2v) is 8.11. The molecule has 0 radical (unpaired) electrons. The third kappa shape index (κ3) is 9.18. The largest absolute Gasteiger partial charge is 0.688 e. The summed E-state index contributed by atoms with van der Waals surface area (Å²) in [6.07, 6.45) is -31.9. The van der Waals surface area contributed by atoms with Gasteiger partial charge in [0.25, 0.3) is 0 Å². The molecule has 0 aromatic rings. The van der Waals surface area contributed by atoms with E-state index in [1.54, 1.807) is 6.92 Å². The smallest absolute Gasteiger partial charge is 0.367 e. The fourth-order valence-electron chi connectivity index (χ4n) is 2.09. The van der Waals surface area contributed by atoms with E-state index >= 15 is 0 Å². The Hall–Kier alpha value is -0.853. The summed E-state index contributed by atoms with van der Waals surface area (Å²) in [4.78, 5) is 9.41. The molecule has 32 heavy (non-hydrogen) atoms. The predicted octanol–water partition coefficient (Wildman–Crippen LogP) is 6.46. The van der Waals surface area contributed by atoms with E-state index in [-0.39, 0.29) is 12.8 Å². The van der Waals surface area contributed by atoms with Gasteiger partial charge in [0.05, 0.1) is 0 Å². The van der Waals surface area contributed by atoms with Crippen LogP contribution >= 0.6 is 0 Å². The van der Waals surface area contributed by atoms with E-state index in [1.165, 1.54) is 0 Å². The summed E-state index contributed by atoms with van der Waals surface area (Å²) < 4.78 is 175. The first kappa shape index (κ1) is 31.1. The second-order valence-electron chi connectivity index (χ2n) is 6.45. The molecule has 0 aromatic carbocycles. The Morgan fingerprint density at radius 2 is 1.16 bits per heavy atom. The van der Waals surface area contributed by atoms with E-state index in [2.05, 4.69) is 13.3 Å². The highest BCUT2D eigenvalue weighted by Gasteiger charge is 2.72. The second kappa shape index (κ2) is 11.0. The maximum atomic E-state index is 14.4. The van der Waals surface area contributed by atoms with Gasteiger partial charge >= 0.3 is 45.9 Å². The van der Waals surface area contributed by atoms with Crippen LogP contribution in [0.3, 0.4) is 0 Å². The van der Waals surface area contributed by atoms with Gasteiger partial charge in [0.15, 0.2) is 0 Å². The minimum absolute atomic E-state index is 0.154. The molecule has 1 N–H and O–H groups in total. The molecule has 0 aliphatic rings. The number of rotatable bonds is 14. The summed E-state index contributed by atoms with van der Waals surface area (Å²) >= 11 is 0. The molecule has 18 heteroatoms. The summed E-state index contributed by atoms with van der Waals surface area (Å²) in [5.41, 5.74) is 0. The molecule has 0 fully saturated rings. The number of unbranched alkanes of at least 4 members (excludes halogenated alkanes) is 5. The van der Waals surface area contributed by atoms with E-state index in [0.29, 0.717) is 19.3 Å². The number of hydrogen-bond donors (Lipinski definition) is 1. The van der Waals surface area contributed by atoms with Crippen molar-refractivity contribution in [3.8, 4) is 0 Å². The van der Waals surface area contributed by atoms with Gasteiger partial charge in [0.2, 0.25) is 0 Å². The van der Waals surface area contributed by atoms with Gasteiger partial charge in [-0.05, 0) is 6.42 Å². The highest BCUT2D eigenvalue weighted by atomic mass is 28.4. The molecule has 0 bridgehead atoms. The van der Waals surface area contributed by atoms with Crippen LogP contribution in [0.5, 0.6) is 0 Å². The average Bonchev–Trinajstić information content (AvgIpc) is 2.54. The fourth-order valence-corrected chi connectivity index (χ4v) is 3.71. The monoisotopic (exact) mass is 526 g/mol. The third-order valence-electron chi connectivity index (χ3n) is 3.67. The first-order valence-electron chi connectivity index (χ1n) is 8.81. The molecule has 0 aliphatic heterocycles. The Kier molecular flexibility index (Phi) is 10.8. The predicted molar refractivity (Wildman–Crippen MR) is 81.1 cm³/mol. The molecule has 194 valence electrons. The van der Waals surface area contributed by atoms with Crippen LogP contribution in [0.1, 0.15) is 51.9 Å². The van der Waals surface area contributed by atoms with Crippen molar-refractivity contribution < 1.29 is 75.1 Å². The summed E-state index contributed by atoms with van der Waals surface area (Å²) in [5.74, 6) is -5.35. The van der Waals surface area contributed by atoms with Gasteiger partial charge in [-0.2, -0.15) is 43.9 Å². The van der Waals surface area contributed by atoms with Crippen LogP contribution in [-0.2, 0) is 13.3 Å². The molecule has 4 nitrogen and oxygen atoms in total. The van der Waals surface area contributed by atoms with Gasteiger partial charge in [-0.25, -0.2) is 13.2 Å². The lowest BCUT2D eigenvalue weighted by Gasteiger charge is -2.36. The minimum atomic E-state index is -7.81. The van der Waals surface area contributed by atoms with Crippen molar-refractivity contribution in [1.82, 2.24) is 0 Å². The Morgan fingerprint density at radius 3 is 1.56 bits per heavy atom. The van der Waals surface area contributed by atoms with Crippen LogP contribution in [0.25, 0.3) is 0 Å². The minimum Gasteiger partial charge on any atom is -0.367 e. The van der Waals surface area contributed by atoms with Gasteiger partial charge in [0.1, 0.15) is 0 Å². The first-order valence-corrected chi connectivity index (χ1v) is 10.5. The van der Waals surface area contributed by atoms with Crippen LogP contribution < -0.4 is 0 Å². The van der Waals surface area contributed by atoms with E-state index in [9.17, 15) is 61.9 Å². The number of alkyl halides is 13. The lowest BCUT2D eigenvalue weighted by atomic mass is 10.1. The summed E-state index contributed by atoms with van der Waals surface area (Å²) in [5, 5.41) is 0. The van der Waals surface area contributed by atoms with Crippen LogP contribution in [0.4, 0.5) is 57.1 Å². The quantitative estimate of drug-likeness (QED) is 0.161. The summed E-state index contributed by atoms with van der Waals surface area (Å²) in [7, 11) is -7.81. The van der Waals surface area contributed by atoms with Crippen molar-refractivity contribution >= 4 is 9.05 Å². The van der Waals surface area contributed by atoms with Crippen molar-refractivity contribution in [2.75, 3.05) is 0 Å². The van der Waals surface area contributed by atoms with Crippen LogP contribution in [0.15, 0.2) is 0 Å². The van der Waals surface area contributed by atoms with Crippen LogP contribution in [0.2, 0.25) is 0 Å². The molecule has 0 aromatic heterocycles. The van der Waals surface area contributed by atoms with Gasteiger partial charge in [-0.15, -0.1) is 0 Å². The third-order valence-corrected chi connectivity index (χ3v) is 5.30. The molecule has 2 unspecified atom stereocenters. The SMILES string of the molecule is CCCCCCCCC(F)(O[Si](O)(OC(F)(F)C(F)F)OC(F)(F)C(F)(F)F)C(F)(F)F. The summed E-state index contributed by atoms with van der Waals surface area (Å²) in [6.45, 7) is 1.78. The first-order chi connectivity index (χ1) is 14.1. The van der Waals surface area contributed by atoms with E-state index in [1.807, 2.05) is 0 Å². The highest BCUT2D eigenvalue weighted by Crippen LogP contribution is 2.45. The molecule has 0 heterocycles. The molecule has 0 amide bonds. The topological polar surface area (TPSA) is 47.9 Å². The highest BCUT2D eigenvalue weighted by molar-refractivity contribution is 6.52. The number of hydrogen-bond acceptors (Lipinski definition) is 4. The Balaban J connectivity index is 5.90. The van der Waals surface area contributed by atoms with Crippen molar-refractivity contribution in [1.29, 1.82) is 0 Å². The lowest BCUT2D eigenvalue weighted by Crippen LogP contribution is -2.63. The van der Waals surface area contributed by atoms with Crippen molar-refractivity contribution in [3.63, 3.8) is 0 Å². The standard InChI is InChI=1S/C14H19F13O4Si/c1-2-3-4-5-6-7-8-10(17,12(20,21)22)29-32(28,30-11(18,19)9(15)16)31-14(26,27)13(23,24)25/h9,28H,2-8H2,1H3.